The highest BCUT2D eigenvalue weighted by Gasteiger charge is 2.44. The van der Waals surface area contributed by atoms with Crippen molar-refractivity contribution in [3.05, 3.63) is 65.5 Å². The zero-order valence-corrected chi connectivity index (χ0v) is 17.8. The molecule has 7 nitrogen and oxygen atoms in total. The van der Waals surface area contributed by atoms with E-state index in [1.807, 2.05) is 18.2 Å². The first kappa shape index (κ1) is 19.5. The van der Waals surface area contributed by atoms with Gasteiger partial charge in [-0.05, 0) is 49.6 Å². The van der Waals surface area contributed by atoms with Crippen LogP contribution in [-0.4, -0.2) is 31.3 Å². The number of aromatic nitrogens is 1. The van der Waals surface area contributed by atoms with Crippen molar-refractivity contribution in [2.45, 2.75) is 31.7 Å². The second-order valence-electron chi connectivity index (χ2n) is 8.14. The lowest BCUT2D eigenvalue weighted by atomic mass is 9.95. The van der Waals surface area contributed by atoms with Gasteiger partial charge in [0.2, 0.25) is 12.7 Å². The fourth-order valence-corrected chi connectivity index (χ4v) is 3.81. The summed E-state index contributed by atoms with van der Waals surface area (Å²) in [5.41, 5.74) is 4.40. The van der Waals surface area contributed by atoms with Crippen molar-refractivity contribution in [1.82, 2.24) is 15.6 Å². The molecule has 31 heavy (non-hydrogen) atoms. The van der Waals surface area contributed by atoms with E-state index in [2.05, 4.69) is 51.8 Å². The van der Waals surface area contributed by atoms with Crippen LogP contribution in [0.3, 0.4) is 0 Å². The predicted molar refractivity (Wildman–Crippen MR) is 118 cm³/mol. The minimum absolute atomic E-state index is 0.116. The van der Waals surface area contributed by atoms with Gasteiger partial charge in [-0.3, -0.25) is 4.99 Å². The summed E-state index contributed by atoms with van der Waals surface area (Å²) in [6.07, 6.45) is 3.96. The number of nitrogens with zero attached hydrogens (tertiary/aromatic N) is 2. The number of aliphatic imine (C=N–C) groups is 1. The molecule has 2 aromatic carbocycles. The lowest BCUT2D eigenvalue weighted by Gasteiger charge is -2.19. The molecule has 0 radical (unpaired) electrons. The van der Waals surface area contributed by atoms with Crippen LogP contribution in [0.1, 0.15) is 29.7 Å². The third-order valence-electron chi connectivity index (χ3n) is 5.94. The summed E-state index contributed by atoms with van der Waals surface area (Å²) in [5.74, 6) is 3.02. The molecule has 0 atom stereocenters. The predicted octanol–water partition coefficient (Wildman–Crippen LogP) is 3.78. The van der Waals surface area contributed by atoms with Crippen molar-refractivity contribution < 1.29 is 13.9 Å². The standard InChI is InChI=1S/C24H26N4O3/c1-16-3-5-17(6-4-16)22-28-19(13-29-22)12-26-23(25-2)27-14-24(9-10-24)18-7-8-20-21(11-18)31-15-30-20/h3-8,11,13H,9-10,12,14-15H2,1-2H3,(H2,25,26,27). The number of aryl methyl sites for hydroxylation is 1. The maximum atomic E-state index is 5.64. The van der Waals surface area contributed by atoms with E-state index < -0.39 is 0 Å². The van der Waals surface area contributed by atoms with Crippen molar-refractivity contribution in [3.63, 3.8) is 0 Å². The maximum Gasteiger partial charge on any atom is 0.231 e. The fraction of sp³-hybridized carbons (Fsp3) is 0.333. The van der Waals surface area contributed by atoms with E-state index in [0.717, 1.165) is 48.1 Å². The molecule has 7 heteroatoms. The number of rotatable bonds is 6. The van der Waals surface area contributed by atoms with Gasteiger partial charge in [-0.2, -0.15) is 0 Å². The summed E-state index contributed by atoms with van der Waals surface area (Å²) in [6.45, 7) is 3.70. The number of benzene rings is 2. The van der Waals surface area contributed by atoms with E-state index in [9.17, 15) is 0 Å². The first-order valence-corrected chi connectivity index (χ1v) is 10.5. The Labute approximate surface area is 181 Å². The first-order valence-electron chi connectivity index (χ1n) is 10.5. The number of fused-ring (bicyclic) bond motifs is 1. The number of guanidine groups is 1. The Bertz CT molecular complexity index is 1100. The molecule has 1 aliphatic heterocycles. The van der Waals surface area contributed by atoms with Crippen molar-refractivity contribution in [3.8, 4) is 23.0 Å². The van der Waals surface area contributed by atoms with Gasteiger partial charge in [0.25, 0.3) is 0 Å². The monoisotopic (exact) mass is 418 g/mol. The highest BCUT2D eigenvalue weighted by molar-refractivity contribution is 5.79. The Morgan fingerprint density at radius 3 is 2.65 bits per heavy atom. The third kappa shape index (κ3) is 4.08. The van der Waals surface area contributed by atoms with Gasteiger partial charge in [0.1, 0.15) is 6.26 Å². The van der Waals surface area contributed by atoms with E-state index in [1.54, 1.807) is 13.3 Å². The summed E-state index contributed by atoms with van der Waals surface area (Å²) in [5, 5.41) is 6.79. The fourth-order valence-electron chi connectivity index (χ4n) is 3.81. The van der Waals surface area contributed by atoms with Crippen LogP contribution in [0, 0.1) is 6.92 Å². The van der Waals surface area contributed by atoms with Gasteiger partial charge in [0.05, 0.1) is 12.2 Å². The second-order valence-corrected chi connectivity index (χ2v) is 8.14. The van der Waals surface area contributed by atoms with Gasteiger partial charge in [-0.1, -0.05) is 23.8 Å². The summed E-state index contributed by atoms with van der Waals surface area (Å²) < 4.78 is 16.6. The van der Waals surface area contributed by atoms with Gasteiger partial charge in [-0.25, -0.2) is 4.98 Å². The molecular weight excluding hydrogens is 392 g/mol. The molecular formula is C24H26N4O3. The number of ether oxygens (including phenoxy) is 2. The molecule has 0 saturated heterocycles. The third-order valence-corrected chi connectivity index (χ3v) is 5.94. The van der Waals surface area contributed by atoms with Gasteiger partial charge < -0.3 is 24.5 Å². The van der Waals surface area contributed by atoms with E-state index in [0.29, 0.717) is 19.2 Å². The molecule has 1 aliphatic carbocycles. The number of hydrogen-bond acceptors (Lipinski definition) is 5. The topological polar surface area (TPSA) is 80.9 Å². The minimum atomic E-state index is 0.116. The lowest BCUT2D eigenvalue weighted by molar-refractivity contribution is 0.174. The van der Waals surface area contributed by atoms with Gasteiger partial charge in [0, 0.05) is 24.6 Å². The molecule has 2 heterocycles. The Morgan fingerprint density at radius 2 is 1.87 bits per heavy atom. The summed E-state index contributed by atoms with van der Waals surface area (Å²) >= 11 is 0. The molecule has 0 unspecified atom stereocenters. The highest BCUT2D eigenvalue weighted by Crippen LogP contribution is 2.49. The number of nitrogens with one attached hydrogen (secondary N) is 2. The molecule has 5 rings (SSSR count). The molecule has 160 valence electrons. The van der Waals surface area contributed by atoms with Crippen LogP contribution < -0.4 is 20.1 Å². The SMILES string of the molecule is CN=C(NCc1coc(-c2ccc(C)cc2)n1)NCC1(c2ccc3c(c2)OCO3)CC1. The molecule has 0 amide bonds. The summed E-state index contributed by atoms with van der Waals surface area (Å²) in [6, 6.07) is 14.4. The van der Waals surface area contributed by atoms with Crippen LogP contribution in [0.15, 0.2) is 58.1 Å². The van der Waals surface area contributed by atoms with Gasteiger partial charge >= 0.3 is 0 Å². The molecule has 2 N–H and O–H groups in total. The summed E-state index contributed by atoms with van der Waals surface area (Å²) in [7, 11) is 1.77. The van der Waals surface area contributed by atoms with Crippen LogP contribution in [-0.2, 0) is 12.0 Å². The Balaban J connectivity index is 1.17. The van der Waals surface area contributed by atoms with Crippen molar-refractivity contribution >= 4 is 5.96 Å². The molecule has 1 fully saturated rings. The van der Waals surface area contributed by atoms with Crippen LogP contribution >= 0.6 is 0 Å². The summed E-state index contributed by atoms with van der Waals surface area (Å²) in [4.78, 5) is 8.93. The molecule has 0 spiro atoms. The highest BCUT2D eigenvalue weighted by atomic mass is 16.7. The van der Waals surface area contributed by atoms with Crippen molar-refractivity contribution in [1.29, 1.82) is 0 Å². The molecule has 0 bridgehead atoms. The number of hydrogen-bond donors (Lipinski definition) is 2. The average Bonchev–Trinajstić information content (AvgIpc) is 3.20. The Kier molecular flexibility index (Phi) is 5.02. The Hall–Kier alpha value is -3.48. The smallest absolute Gasteiger partial charge is 0.231 e. The van der Waals surface area contributed by atoms with Crippen molar-refractivity contribution in [2.75, 3.05) is 20.4 Å². The van der Waals surface area contributed by atoms with Crippen LogP contribution in [0.4, 0.5) is 0 Å². The van der Waals surface area contributed by atoms with E-state index in [-0.39, 0.29) is 5.41 Å². The molecule has 3 aromatic rings. The maximum absolute atomic E-state index is 5.64. The average molecular weight is 418 g/mol. The van der Waals surface area contributed by atoms with Gasteiger partial charge in [0.15, 0.2) is 17.5 Å². The quantitative estimate of drug-likeness (QED) is 0.468. The van der Waals surface area contributed by atoms with Crippen LogP contribution in [0.5, 0.6) is 11.5 Å². The molecule has 1 aromatic heterocycles. The molecule has 1 saturated carbocycles. The first-order chi connectivity index (χ1) is 15.1. The Morgan fingerprint density at radius 1 is 1.06 bits per heavy atom. The zero-order chi connectivity index (χ0) is 21.3. The largest absolute Gasteiger partial charge is 0.454 e. The normalized spacial score (nSPS) is 16.3. The van der Waals surface area contributed by atoms with Gasteiger partial charge in [-0.15, -0.1) is 0 Å². The second kappa shape index (κ2) is 7.98. The number of oxazole rings is 1. The zero-order valence-electron chi connectivity index (χ0n) is 17.8. The molecule has 2 aliphatic rings. The van der Waals surface area contributed by atoms with Crippen molar-refractivity contribution in [2.24, 2.45) is 4.99 Å². The minimum Gasteiger partial charge on any atom is -0.454 e. The van der Waals surface area contributed by atoms with E-state index in [1.165, 1.54) is 11.1 Å². The van der Waals surface area contributed by atoms with Crippen LogP contribution in [0.25, 0.3) is 11.5 Å². The van der Waals surface area contributed by atoms with Crippen LogP contribution in [0.2, 0.25) is 0 Å². The van der Waals surface area contributed by atoms with E-state index >= 15 is 0 Å². The lowest BCUT2D eigenvalue weighted by Crippen LogP contribution is -2.40. The van der Waals surface area contributed by atoms with E-state index in [4.69, 9.17) is 13.9 Å².